The Kier molecular flexibility index (Phi) is 5.95. The van der Waals surface area contributed by atoms with Crippen molar-refractivity contribution in [2.75, 3.05) is 22.6 Å². The lowest BCUT2D eigenvalue weighted by Gasteiger charge is -2.28. The van der Waals surface area contributed by atoms with E-state index in [-0.39, 0.29) is 17.4 Å². The summed E-state index contributed by atoms with van der Waals surface area (Å²) in [7, 11) is 1.65. The molecule has 0 aromatic heterocycles. The summed E-state index contributed by atoms with van der Waals surface area (Å²) in [5.74, 6) is -0.621. The zero-order valence-corrected chi connectivity index (χ0v) is 16.3. The van der Waals surface area contributed by atoms with E-state index < -0.39 is 6.23 Å². The van der Waals surface area contributed by atoms with Crippen LogP contribution >= 0.6 is 0 Å². The average molecular weight is 389 g/mol. The monoisotopic (exact) mass is 389 g/mol. The fourth-order valence-electron chi connectivity index (χ4n) is 3.06. The van der Waals surface area contributed by atoms with E-state index in [1.807, 2.05) is 24.3 Å². The number of carbonyl (C=O) groups is 2. The van der Waals surface area contributed by atoms with Crippen molar-refractivity contribution in [1.29, 1.82) is 0 Å². The predicted octanol–water partition coefficient (Wildman–Crippen LogP) is 3.63. The largest absolute Gasteiger partial charge is 0.369 e. The molecular weight excluding hydrogens is 366 g/mol. The van der Waals surface area contributed by atoms with Gasteiger partial charge in [0.25, 0.3) is 5.91 Å². The van der Waals surface area contributed by atoms with Gasteiger partial charge in [0.15, 0.2) is 6.23 Å². The van der Waals surface area contributed by atoms with Crippen LogP contribution in [0.1, 0.15) is 18.1 Å². The third-order valence-electron chi connectivity index (χ3n) is 4.64. The topological polar surface area (TPSA) is 81.7 Å². The van der Waals surface area contributed by atoms with E-state index in [1.165, 1.54) is 11.0 Å². The van der Waals surface area contributed by atoms with E-state index in [1.54, 1.807) is 50.4 Å². The van der Waals surface area contributed by atoms with E-state index >= 15 is 0 Å². The standard InChI is InChI=1S/C23H23N3O3/c1-4-7-21(27)24-19-8-6-9-20-17(19)14-18(22(28)25-20)23(29)26(3)16-12-10-15(5-2)11-13-16/h4-14,22,25,28H,2H2,1,3H3,(H,24,27). The second kappa shape index (κ2) is 8.58. The van der Waals surface area contributed by atoms with Crippen LogP contribution in [0.5, 0.6) is 0 Å². The van der Waals surface area contributed by atoms with Crippen molar-refractivity contribution < 1.29 is 14.7 Å². The van der Waals surface area contributed by atoms with Crippen LogP contribution in [0, 0.1) is 0 Å². The third-order valence-corrected chi connectivity index (χ3v) is 4.64. The molecule has 0 spiro atoms. The van der Waals surface area contributed by atoms with Crippen LogP contribution in [0.25, 0.3) is 12.2 Å². The van der Waals surface area contributed by atoms with Gasteiger partial charge in [0, 0.05) is 24.0 Å². The van der Waals surface area contributed by atoms with Gasteiger partial charge in [0.2, 0.25) is 5.91 Å². The van der Waals surface area contributed by atoms with Crippen LogP contribution in [0.2, 0.25) is 0 Å². The molecule has 0 saturated heterocycles. The average Bonchev–Trinajstić information content (AvgIpc) is 2.72. The van der Waals surface area contributed by atoms with Crippen LogP contribution in [0.15, 0.2) is 66.8 Å². The minimum Gasteiger partial charge on any atom is -0.369 e. The highest BCUT2D eigenvalue weighted by atomic mass is 16.3. The Labute approximate surface area is 169 Å². The number of hydrogen-bond acceptors (Lipinski definition) is 4. The van der Waals surface area contributed by atoms with Gasteiger partial charge in [-0.1, -0.05) is 36.9 Å². The van der Waals surface area contributed by atoms with E-state index in [0.29, 0.717) is 22.6 Å². The first kappa shape index (κ1) is 20.1. The van der Waals surface area contributed by atoms with Crippen molar-refractivity contribution >= 4 is 41.0 Å². The lowest BCUT2D eigenvalue weighted by molar-refractivity contribution is -0.115. The van der Waals surface area contributed by atoms with Crippen LogP contribution in [0.4, 0.5) is 17.1 Å². The fourth-order valence-corrected chi connectivity index (χ4v) is 3.06. The molecule has 6 heteroatoms. The Balaban J connectivity index is 1.93. The lowest BCUT2D eigenvalue weighted by Crippen LogP contribution is -2.37. The van der Waals surface area contributed by atoms with Crippen LogP contribution in [-0.2, 0) is 9.59 Å². The number of anilines is 3. The van der Waals surface area contributed by atoms with Gasteiger partial charge in [-0.2, -0.15) is 0 Å². The van der Waals surface area contributed by atoms with Gasteiger partial charge in [0.1, 0.15) is 0 Å². The Morgan fingerprint density at radius 3 is 2.59 bits per heavy atom. The summed E-state index contributed by atoms with van der Waals surface area (Å²) in [6.45, 7) is 5.48. The number of nitrogens with one attached hydrogen (secondary N) is 2. The molecule has 0 saturated carbocycles. The smallest absolute Gasteiger partial charge is 0.258 e. The molecule has 1 aliphatic rings. The van der Waals surface area contributed by atoms with E-state index in [0.717, 1.165) is 5.56 Å². The maximum Gasteiger partial charge on any atom is 0.258 e. The van der Waals surface area contributed by atoms with Crippen LogP contribution in [0.3, 0.4) is 0 Å². The van der Waals surface area contributed by atoms with Crippen molar-refractivity contribution in [2.45, 2.75) is 13.2 Å². The van der Waals surface area contributed by atoms with E-state index in [4.69, 9.17) is 0 Å². The first-order valence-corrected chi connectivity index (χ1v) is 9.18. The van der Waals surface area contributed by atoms with Crippen molar-refractivity contribution in [2.24, 2.45) is 0 Å². The van der Waals surface area contributed by atoms with Crippen molar-refractivity contribution in [3.8, 4) is 0 Å². The lowest BCUT2D eigenvalue weighted by atomic mass is 10.00. The Hall–Kier alpha value is -3.64. The van der Waals surface area contributed by atoms with E-state index in [9.17, 15) is 14.7 Å². The zero-order chi connectivity index (χ0) is 21.0. The molecule has 1 unspecified atom stereocenters. The van der Waals surface area contributed by atoms with Gasteiger partial charge in [-0.05, 0) is 48.9 Å². The summed E-state index contributed by atoms with van der Waals surface area (Å²) >= 11 is 0. The molecule has 2 amide bonds. The summed E-state index contributed by atoms with van der Waals surface area (Å²) in [6, 6.07) is 12.6. The summed E-state index contributed by atoms with van der Waals surface area (Å²) in [4.78, 5) is 26.5. The molecule has 1 aliphatic heterocycles. The van der Waals surface area contributed by atoms with Crippen LogP contribution in [-0.4, -0.2) is 30.2 Å². The molecule has 6 nitrogen and oxygen atoms in total. The number of carbonyl (C=O) groups excluding carboxylic acids is 2. The highest BCUT2D eigenvalue weighted by Gasteiger charge is 2.28. The maximum atomic E-state index is 13.0. The first-order chi connectivity index (χ1) is 13.9. The molecular formula is C23H23N3O3. The molecule has 0 fully saturated rings. The molecule has 1 atom stereocenters. The van der Waals surface area contributed by atoms with Crippen molar-refractivity contribution in [3.63, 3.8) is 0 Å². The van der Waals surface area contributed by atoms with Crippen molar-refractivity contribution in [1.82, 2.24) is 0 Å². The Morgan fingerprint density at radius 1 is 1.21 bits per heavy atom. The molecule has 0 radical (unpaired) electrons. The number of amides is 2. The maximum absolute atomic E-state index is 13.0. The van der Waals surface area contributed by atoms with Gasteiger partial charge in [-0.3, -0.25) is 9.59 Å². The number of benzene rings is 2. The number of rotatable bonds is 5. The molecule has 2 aromatic carbocycles. The minimum atomic E-state index is -1.16. The number of fused-ring (bicyclic) bond motifs is 1. The number of hydrogen-bond donors (Lipinski definition) is 3. The van der Waals surface area contributed by atoms with Crippen LogP contribution < -0.4 is 15.5 Å². The van der Waals surface area contributed by atoms with E-state index in [2.05, 4.69) is 17.2 Å². The molecule has 2 aromatic rings. The summed E-state index contributed by atoms with van der Waals surface area (Å²) in [6.07, 6.45) is 5.24. The number of likely N-dealkylation sites (N-methyl/N-ethyl adjacent to an activating group) is 1. The van der Waals surface area contributed by atoms with Gasteiger partial charge in [0.05, 0.1) is 11.3 Å². The normalized spacial score (nSPS) is 15.1. The predicted molar refractivity (Wildman–Crippen MR) is 117 cm³/mol. The Bertz CT molecular complexity index is 1010. The molecule has 29 heavy (non-hydrogen) atoms. The second-order valence-corrected chi connectivity index (χ2v) is 6.56. The third kappa shape index (κ3) is 4.28. The fraction of sp³-hybridized carbons (Fsp3) is 0.130. The second-order valence-electron chi connectivity index (χ2n) is 6.56. The van der Waals surface area contributed by atoms with Gasteiger partial charge in [-0.25, -0.2) is 0 Å². The number of aliphatic hydroxyl groups excluding tert-OH is 1. The molecule has 148 valence electrons. The van der Waals surface area contributed by atoms with Gasteiger partial charge >= 0.3 is 0 Å². The number of nitrogens with zero attached hydrogens (tertiary/aromatic N) is 1. The molecule has 0 aliphatic carbocycles. The first-order valence-electron chi connectivity index (χ1n) is 9.18. The quantitative estimate of drug-likeness (QED) is 0.682. The molecule has 3 N–H and O–H groups in total. The SMILES string of the molecule is C=Cc1ccc(N(C)C(=O)C2=Cc3c(NC(=O)C=CC)cccc3NC2O)cc1. The summed E-state index contributed by atoms with van der Waals surface area (Å²) in [5, 5.41) is 16.2. The summed E-state index contributed by atoms with van der Waals surface area (Å²) < 4.78 is 0. The van der Waals surface area contributed by atoms with Crippen molar-refractivity contribution in [3.05, 3.63) is 77.9 Å². The zero-order valence-electron chi connectivity index (χ0n) is 16.3. The van der Waals surface area contributed by atoms with Gasteiger partial charge < -0.3 is 20.6 Å². The minimum absolute atomic E-state index is 0.181. The number of allylic oxidation sites excluding steroid dienone is 1. The number of aliphatic hydroxyl groups is 1. The Morgan fingerprint density at radius 2 is 1.93 bits per heavy atom. The molecule has 1 heterocycles. The molecule has 0 bridgehead atoms. The highest BCUT2D eigenvalue weighted by Crippen LogP contribution is 2.33. The van der Waals surface area contributed by atoms with Gasteiger partial charge in [-0.15, -0.1) is 0 Å². The summed E-state index contributed by atoms with van der Waals surface area (Å²) in [5.41, 5.74) is 3.63. The molecule has 3 rings (SSSR count). The highest BCUT2D eigenvalue weighted by molar-refractivity contribution is 6.11.